The van der Waals surface area contributed by atoms with Crippen LogP contribution >= 0.6 is 0 Å². The SMILES string of the molecule is CCCCCCC(=N\c1ccc(CCC)c(CCC)c1)/C(CCCC)=N/c1ccc(CCC)c(CCC)c1.[Ni]. The van der Waals surface area contributed by atoms with Gasteiger partial charge < -0.3 is 0 Å². The Labute approximate surface area is 251 Å². The molecule has 0 unspecified atom stereocenters. The Kier molecular flexibility index (Phi) is 19.1. The van der Waals surface area contributed by atoms with E-state index in [1.54, 1.807) is 0 Å². The van der Waals surface area contributed by atoms with Crippen molar-refractivity contribution in [2.45, 2.75) is 144 Å². The molecule has 0 aliphatic rings. The molecule has 0 saturated heterocycles. The number of unbranched alkanes of at least 4 members (excludes halogenated alkanes) is 4. The van der Waals surface area contributed by atoms with Gasteiger partial charge in [-0.15, -0.1) is 0 Å². The molecule has 0 fully saturated rings. The van der Waals surface area contributed by atoms with Gasteiger partial charge in [0.05, 0.1) is 22.8 Å². The summed E-state index contributed by atoms with van der Waals surface area (Å²) in [5.41, 5.74) is 10.5. The van der Waals surface area contributed by atoms with E-state index in [0.29, 0.717) is 0 Å². The quantitative estimate of drug-likeness (QED) is 0.0904. The molecule has 2 aromatic rings. The van der Waals surface area contributed by atoms with E-state index in [4.69, 9.17) is 9.98 Å². The molecule has 2 nitrogen and oxygen atoms in total. The fourth-order valence-corrected chi connectivity index (χ4v) is 5.30. The van der Waals surface area contributed by atoms with Gasteiger partial charge in [0.2, 0.25) is 0 Å². The normalized spacial score (nSPS) is 12.1. The molecule has 0 N–H and O–H groups in total. The molecule has 0 amide bonds. The number of nitrogens with zero attached hydrogens (tertiary/aromatic N) is 2. The maximum Gasteiger partial charge on any atom is 0.0636 e. The molecule has 39 heavy (non-hydrogen) atoms. The summed E-state index contributed by atoms with van der Waals surface area (Å²) in [4.78, 5) is 10.7. The Morgan fingerprint density at radius 1 is 0.462 bits per heavy atom. The first-order valence-electron chi connectivity index (χ1n) is 16.0. The summed E-state index contributed by atoms with van der Waals surface area (Å²) in [6, 6.07) is 13.8. The molecule has 0 bridgehead atoms. The average Bonchev–Trinajstić information content (AvgIpc) is 2.91. The van der Waals surface area contributed by atoms with Crippen LogP contribution in [0.5, 0.6) is 0 Å². The number of hydrogen-bond donors (Lipinski definition) is 0. The molecule has 3 heteroatoms. The van der Waals surface area contributed by atoms with E-state index < -0.39 is 0 Å². The molecule has 0 radical (unpaired) electrons. The summed E-state index contributed by atoms with van der Waals surface area (Å²) in [5, 5.41) is 0. The molecule has 0 saturated carbocycles. The molecule has 0 aromatic heterocycles. The third-order valence-electron chi connectivity index (χ3n) is 7.35. The maximum atomic E-state index is 5.34. The van der Waals surface area contributed by atoms with E-state index in [1.165, 1.54) is 91.5 Å². The van der Waals surface area contributed by atoms with Crippen molar-refractivity contribution in [3.63, 3.8) is 0 Å². The molecular formula is C36H56N2Ni. The Morgan fingerprint density at radius 2 is 0.872 bits per heavy atom. The van der Waals surface area contributed by atoms with Crippen molar-refractivity contribution in [2.75, 3.05) is 0 Å². The van der Waals surface area contributed by atoms with E-state index >= 15 is 0 Å². The summed E-state index contributed by atoms with van der Waals surface area (Å²) >= 11 is 0. The van der Waals surface area contributed by atoms with Crippen molar-refractivity contribution >= 4 is 22.8 Å². The maximum absolute atomic E-state index is 5.34. The van der Waals surface area contributed by atoms with E-state index in [9.17, 15) is 0 Å². The number of aliphatic imine (C=N–C) groups is 2. The standard InChI is InChI=1S/C36H56N2.Ni/c1-7-13-15-16-22-36(38-34-26-24-30(18-10-4)32(28-34)20-12-6)35(21-14-8-2)37-33-25-23-29(17-9-3)31(27-33)19-11-5;/h23-28H,7-22H2,1-6H3;/b37-35+,38-36+;. The first-order valence-corrected chi connectivity index (χ1v) is 16.0. The molecule has 2 aromatic carbocycles. The zero-order valence-corrected chi connectivity index (χ0v) is 27.0. The van der Waals surface area contributed by atoms with Crippen LogP contribution in [-0.2, 0) is 42.2 Å². The topological polar surface area (TPSA) is 24.7 Å². The van der Waals surface area contributed by atoms with Gasteiger partial charge in [-0.3, -0.25) is 9.98 Å². The van der Waals surface area contributed by atoms with Crippen LogP contribution in [-0.4, -0.2) is 11.4 Å². The largest absolute Gasteiger partial charge is 0.252 e. The third-order valence-corrected chi connectivity index (χ3v) is 7.35. The monoisotopic (exact) mass is 574 g/mol. The molecule has 2 rings (SSSR count). The predicted octanol–water partition coefficient (Wildman–Crippen LogP) is 11.5. The molecular weight excluding hydrogens is 519 g/mol. The van der Waals surface area contributed by atoms with Crippen LogP contribution in [0.4, 0.5) is 11.4 Å². The van der Waals surface area contributed by atoms with Gasteiger partial charge in [-0.05, 0) is 97.9 Å². The predicted molar refractivity (Wildman–Crippen MR) is 171 cm³/mol. The van der Waals surface area contributed by atoms with Gasteiger partial charge in [0.25, 0.3) is 0 Å². The van der Waals surface area contributed by atoms with E-state index in [2.05, 4.69) is 77.9 Å². The zero-order valence-electron chi connectivity index (χ0n) is 26.0. The number of rotatable bonds is 19. The fourth-order valence-electron chi connectivity index (χ4n) is 5.30. The van der Waals surface area contributed by atoms with Crippen LogP contribution < -0.4 is 0 Å². The van der Waals surface area contributed by atoms with Crippen molar-refractivity contribution in [1.29, 1.82) is 0 Å². The van der Waals surface area contributed by atoms with Gasteiger partial charge >= 0.3 is 0 Å². The number of benzene rings is 2. The first-order chi connectivity index (χ1) is 18.6. The minimum atomic E-state index is 0. The van der Waals surface area contributed by atoms with Crippen LogP contribution in [0.15, 0.2) is 46.4 Å². The van der Waals surface area contributed by atoms with Crippen molar-refractivity contribution < 1.29 is 16.5 Å². The minimum absolute atomic E-state index is 0. The van der Waals surface area contributed by atoms with Gasteiger partial charge in [-0.2, -0.15) is 0 Å². The number of hydrogen-bond acceptors (Lipinski definition) is 2. The van der Waals surface area contributed by atoms with Crippen LogP contribution in [0.2, 0.25) is 0 Å². The van der Waals surface area contributed by atoms with Crippen molar-refractivity contribution in [2.24, 2.45) is 9.98 Å². The second kappa shape index (κ2) is 21.1. The first kappa shape index (κ1) is 35.3. The van der Waals surface area contributed by atoms with E-state index in [1.807, 2.05) is 0 Å². The second-order valence-corrected chi connectivity index (χ2v) is 10.9. The summed E-state index contributed by atoms with van der Waals surface area (Å²) < 4.78 is 0. The summed E-state index contributed by atoms with van der Waals surface area (Å²) in [6.45, 7) is 13.7. The van der Waals surface area contributed by atoms with Crippen molar-refractivity contribution in [1.82, 2.24) is 0 Å². The van der Waals surface area contributed by atoms with Gasteiger partial charge in [-0.1, -0.05) is 105 Å². The molecule has 0 heterocycles. The fraction of sp³-hybridized carbons (Fsp3) is 0.611. The third kappa shape index (κ3) is 12.5. The molecule has 0 aliphatic carbocycles. The molecule has 0 atom stereocenters. The van der Waals surface area contributed by atoms with Crippen LogP contribution in [0.1, 0.15) is 141 Å². The molecule has 220 valence electrons. The molecule has 0 aliphatic heterocycles. The summed E-state index contributed by atoms with van der Waals surface area (Å²) in [5.74, 6) is 0. The van der Waals surface area contributed by atoms with Crippen molar-refractivity contribution in [3.8, 4) is 0 Å². The van der Waals surface area contributed by atoms with Crippen LogP contribution in [0.25, 0.3) is 0 Å². The van der Waals surface area contributed by atoms with Gasteiger partial charge in [0, 0.05) is 16.5 Å². The average molecular weight is 576 g/mol. The Balaban J connectivity index is 0.00000760. The van der Waals surface area contributed by atoms with E-state index in [-0.39, 0.29) is 16.5 Å². The van der Waals surface area contributed by atoms with Crippen molar-refractivity contribution in [3.05, 3.63) is 58.7 Å². The van der Waals surface area contributed by atoms with Gasteiger partial charge in [0.15, 0.2) is 0 Å². The second-order valence-electron chi connectivity index (χ2n) is 10.9. The Morgan fingerprint density at radius 3 is 1.28 bits per heavy atom. The number of aryl methyl sites for hydroxylation is 4. The zero-order chi connectivity index (χ0) is 27.6. The Bertz CT molecular complexity index is 1010. The van der Waals surface area contributed by atoms with Crippen LogP contribution in [0, 0.1) is 0 Å². The van der Waals surface area contributed by atoms with Gasteiger partial charge in [0.1, 0.15) is 0 Å². The molecule has 0 spiro atoms. The van der Waals surface area contributed by atoms with Crippen LogP contribution in [0.3, 0.4) is 0 Å². The minimum Gasteiger partial charge on any atom is -0.252 e. The van der Waals surface area contributed by atoms with Gasteiger partial charge in [-0.25, -0.2) is 0 Å². The smallest absolute Gasteiger partial charge is 0.0636 e. The van der Waals surface area contributed by atoms with E-state index in [0.717, 1.165) is 56.3 Å². The Hall–Kier alpha value is -1.73. The summed E-state index contributed by atoms with van der Waals surface area (Å²) in [7, 11) is 0. The summed E-state index contributed by atoms with van der Waals surface area (Å²) in [6.07, 6.45) is 18.6.